The van der Waals surface area contributed by atoms with Gasteiger partial charge in [-0.3, -0.25) is 4.79 Å². The molecule has 2 rings (SSSR count). The first-order chi connectivity index (χ1) is 8.65. The summed E-state index contributed by atoms with van der Waals surface area (Å²) in [5, 5.41) is 5.90. The third-order valence-corrected chi connectivity index (χ3v) is 2.76. The van der Waals surface area contributed by atoms with Crippen LogP contribution in [0.2, 0.25) is 0 Å². The van der Waals surface area contributed by atoms with Gasteiger partial charge < -0.3 is 15.4 Å². The highest BCUT2D eigenvalue weighted by molar-refractivity contribution is 5.94. The van der Waals surface area contributed by atoms with E-state index in [-0.39, 0.29) is 11.7 Å². The minimum absolute atomic E-state index is 0.0461. The zero-order valence-electron chi connectivity index (χ0n) is 9.66. The second-order valence-corrected chi connectivity index (χ2v) is 4.14. The Labute approximate surface area is 103 Å². The second kappa shape index (κ2) is 5.77. The van der Waals surface area contributed by atoms with Gasteiger partial charge in [0.05, 0.1) is 0 Å². The first-order valence-electron chi connectivity index (χ1n) is 5.69. The van der Waals surface area contributed by atoms with Crippen LogP contribution in [0.3, 0.4) is 0 Å². The van der Waals surface area contributed by atoms with E-state index in [4.69, 9.17) is 0 Å². The monoisotopic (exact) mass is 256 g/mol. The van der Waals surface area contributed by atoms with Gasteiger partial charge in [-0.1, -0.05) is 0 Å². The van der Waals surface area contributed by atoms with E-state index < -0.39 is 6.61 Å². The molecule has 1 aromatic rings. The molecule has 1 amide bonds. The molecule has 1 fully saturated rings. The van der Waals surface area contributed by atoms with E-state index in [1.54, 1.807) is 0 Å². The molecular weight excluding hydrogens is 242 g/mol. The quantitative estimate of drug-likeness (QED) is 0.833. The maximum absolute atomic E-state index is 11.9. The number of hydrogen-bond donors (Lipinski definition) is 2. The summed E-state index contributed by atoms with van der Waals surface area (Å²) in [6.45, 7) is -0.389. The van der Waals surface area contributed by atoms with Crippen molar-refractivity contribution in [1.82, 2.24) is 10.6 Å². The molecule has 18 heavy (non-hydrogen) atoms. The van der Waals surface area contributed by atoms with Gasteiger partial charge in [0.1, 0.15) is 5.75 Å². The highest BCUT2D eigenvalue weighted by Crippen LogP contribution is 2.14. The van der Waals surface area contributed by atoms with Gasteiger partial charge in [0, 0.05) is 31.1 Å². The fourth-order valence-corrected chi connectivity index (χ4v) is 1.62. The van der Waals surface area contributed by atoms with Crippen molar-refractivity contribution in [2.45, 2.75) is 6.61 Å². The topological polar surface area (TPSA) is 50.4 Å². The van der Waals surface area contributed by atoms with Crippen LogP contribution in [-0.2, 0) is 0 Å². The molecule has 1 aromatic carbocycles. The number of amides is 1. The molecule has 0 unspecified atom stereocenters. The van der Waals surface area contributed by atoms with Crippen LogP contribution in [0.25, 0.3) is 0 Å². The molecule has 1 aliphatic rings. The predicted molar refractivity (Wildman–Crippen MR) is 61.8 cm³/mol. The average molecular weight is 256 g/mol. The summed E-state index contributed by atoms with van der Waals surface area (Å²) in [5.74, 6) is 0.325. The van der Waals surface area contributed by atoms with Crippen molar-refractivity contribution < 1.29 is 18.3 Å². The molecule has 2 N–H and O–H groups in total. The lowest BCUT2D eigenvalue weighted by Gasteiger charge is -2.27. The predicted octanol–water partition coefficient (Wildman–Crippen LogP) is 1.24. The molecular formula is C12H14F2N2O2. The lowest BCUT2D eigenvalue weighted by Crippen LogP contribution is -2.48. The molecule has 0 spiro atoms. The van der Waals surface area contributed by atoms with Crippen LogP contribution in [0, 0.1) is 5.92 Å². The third kappa shape index (κ3) is 3.40. The van der Waals surface area contributed by atoms with Crippen LogP contribution in [0.1, 0.15) is 10.4 Å². The fraction of sp³-hybridized carbons (Fsp3) is 0.417. The highest BCUT2D eigenvalue weighted by atomic mass is 19.3. The smallest absolute Gasteiger partial charge is 0.387 e. The van der Waals surface area contributed by atoms with E-state index in [1.807, 2.05) is 0 Å². The van der Waals surface area contributed by atoms with Gasteiger partial charge in [-0.05, 0) is 24.3 Å². The van der Waals surface area contributed by atoms with Crippen molar-refractivity contribution >= 4 is 5.91 Å². The number of nitrogens with one attached hydrogen (secondary N) is 2. The Hall–Kier alpha value is -1.69. The van der Waals surface area contributed by atoms with Gasteiger partial charge in [-0.25, -0.2) is 0 Å². The van der Waals surface area contributed by atoms with Crippen LogP contribution < -0.4 is 15.4 Å². The van der Waals surface area contributed by atoms with Crippen molar-refractivity contribution in [2.24, 2.45) is 5.92 Å². The average Bonchev–Trinajstić information content (AvgIpc) is 2.27. The number of rotatable bonds is 5. The summed E-state index contributed by atoms with van der Waals surface area (Å²) in [5.41, 5.74) is 0.434. The Morgan fingerprint density at radius 2 is 2.06 bits per heavy atom. The molecule has 98 valence electrons. The summed E-state index contributed by atoms with van der Waals surface area (Å²) in [6.07, 6.45) is 0. The Bertz CT molecular complexity index is 405. The SMILES string of the molecule is O=C(NCC1CNC1)c1ccc(OC(F)F)cc1. The molecule has 0 atom stereocenters. The summed E-state index contributed by atoms with van der Waals surface area (Å²) >= 11 is 0. The van der Waals surface area contributed by atoms with Gasteiger partial charge in [0.15, 0.2) is 0 Å². The summed E-state index contributed by atoms with van der Waals surface area (Å²) in [6, 6.07) is 5.64. The van der Waals surface area contributed by atoms with E-state index in [9.17, 15) is 13.6 Å². The lowest BCUT2D eigenvalue weighted by atomic mass is 10.0. The first-order valence-corrected chi connectivity index (χ1v) is 5.69. The van der Waals surface area contributed by atoms with Crippen molar-refractivity contribution in [3.8, 4) is 5.75 Å². The van der Waals surface area contributed by atoms with Gasteiger partial charge >= 0.3 is 6.61 Å². The number of hydrogen-bond acceptors (Lipinski definition) is 3. The fourth-order valence-electron chi connectivity index (χ4n) is 1.62. The van der Waals surface area contributed by atoms with Crippen LogP contribution in [0.5, 0.6) is 5.75 Å². The molecule has 6 heteroatoms. The molecule has 1 heterocycles. The normalized spacial score (nSPS) is 15.3. The van der Waals surface area contributed by atoms with E-state index >= 15 is 0 Å². The molecule has 0 aromatic heterocycles. The molecule has 0 bridgehead atoms. The van der Waals surface area contributed by atoms with E-state index in [0.29, 0.717) is 18.0 Å². The summed E-state index contributed by atoms with van der Waals surface area (Å²) < 4.78 is 28.1. The van der Waals surface area contributed by atoms with E-state index in [1.165, 1.54) is 24.3 Å². The molecule has 0 radical (unpaired) electrons. The first kappa shape index (κ1) is 12.8. The number of alkyl halides is 2. The van der Waals surface area contributed by atoms with Crippen LogP contribution in [-0.4, -0.2) is 32.2 Å². The molecule has 4 nitrogen and oxygen atoms in total. The zero-order valence-corrected chi connectivity index (χ0v) is 9.66. The van der Waals surface area contributed by atoms with Crippen LogP contribution in [0.4, 0.5) is 8.78 Å². The molecule has 0 saturated carbocycles. The number of carbonyl (C=O) groups is 1. The van der Waals surface area contributed by atoms with Crippen molar-refractivity contribution in [2.75, 3.05) is 19.6 Å². The molecule has 1 aliphatic heterocycles. The van der Waals surface area contributed by atoms with Gasteiger partial charge in [-0.15, -0.1) is 0 Å². The number of carbonyl (C=O) groups excluding carboxylic acids is 1. The Kier molecular flexibility index (Phi) is 4.09. The van der Waals surface area contributed by atoms with Crippen molar-refractivity contribution in [3.05, 3.63) is 29.8 Å². The standard InChI is InChI=1S/C12H14F2N2O2/c13-12(14)18-10-3-1-9(2-4-10)11(17)16-7-8-5-15-6-8/h1-4,8,12,15H,5-7H2,(H,16,17). The van der Waals surface area contributed by atoms with Crippen molar-refractivity contribution in [1.29, 1.82) is 0 Å². The maximum Gasteiger partial charge on any atom is 0.387 e. The molecule has 1 saturated heterocycles. The summed E-state index contributed by atoms with van der Waals surface area (Å²) in [7, 11) is 0. The Morgan fingerprint density at radius 3 is 2.56 bits per heavy atom. The minimum atomic E-state index is -2.85. The maximum atomic E-state index is 11.9. The number of benzene rings is 1. The number of ether oxygens (including phenoxy) is 1. The summed E-state index contributed by atoms with van der Waals surface area (Å²) in [4.78, 5) is 11.7. The van der Waals surface area contributed by atoms with Gasteiger partial charge in [-0.2, -0.15) is 8.78 Å². The zero-order chi connectivity index (χ0) is 13.0. The largest absolute Gasteiger partial charge is 0.435 e. The Morgan fingerprint density at radius 1 is 1.39 bits per heavy atom. The van der Waals surface area contributed by atoms with Gasteiger partial charge in [0.25, 0.3) is 5.91 Å². The highest BCUT2D eigenvalue weighted by Gasteiger charge is 2.17. The van der Waals surface area contributed by atoms with E-state index in [2.05, 4.69) is 15.4 Å². The Balaban J connectivity index is 1.85. The van der Waals surface area contributed by atoms with Crippen LogP contribution >= 0.6 is 0 Å². The third-order valence-electron chi connectivity index (χ3n) is 2.76. The minimum Gasteiger partial charge on any atom is -0.435 e. The number of halogens is 2. The van der Waals surface area contributed by atoms with Gasteiger partial charge in [0.2, 0.25) is 0 Å². The van der Waals surface area contributed by atoms with E-state index in [0.717, 1.165) is 13.1 Å². The second-order valence-electron chi connectivity index (χ2n) is 4.14. The lowest BCUT2D eigenvalue weighted by molar-refractivity contribution is -0.0498. The molecule has 0 aliphatic carbocycles. The van der Waals surface area contributed by atoms with Crippen molar-refractivity contribution in [3.63, 3.8) is 0 Å². The van der Waals surface area contributed by atoms with Crippen LogP contribution in [0.15, 0.2) is 24.3 Å².